The summed E-state index contributed by atoms with van der Waals surface area (Å²) < 4.78 is 30.6. The van der Waals surface area contributed by atoms with Gasteiger partial charge in [-0.25, -0.2) is 13.4 Å². The Morgan fingerprint density at radius 3 is 2.74 bits per heavy atom. The molecule has 4 aromatic rings. The van der Waals surface area contributed by atoms with Crippen LogP contribution in [0.1, 0.15) is 54.7 Å². The van der Waals surface area contributed by atoms with Gasteiger partial charge in [-0.2, -0.15) is 5.10 Å². The summed E-state index contributed by atoms with van der Waals surface area (Å²) in [5.74, 6) is -0.306. The first-order chi connectivity index (χ1) is 18.9. The quantitative estimate of drug-likeness (QED) is 0.204. The number of nitrogens with two attached hydrogens (primary N) is 1. The number of hydrogen-bond donors (Lipinski definition) is 3. The van der Waals surface area contributed by atoms with Gasteiger partial charge in [0.15, 0.2) is 10.8 Å². The lowest BCUT2D eigenvalue weighted by atomic mass is 10.1. The summed E-state index contributed by atoms with van der Waals surface area (Å²) in [6.45, 7) is 4.43. The number of sulfonamides is 1. The van der Waals surface area contributed by atoms with Gasteiger partial charge in [0.2, 0.25) is 0 Å². The van der Waals surface area contributed by atoms with E-state index in [1.54, 1.807) is 35.7 Å². The number of anilines is 2. The van der Waals surface area contributed by atoms with Crippen molar-refractivity contribution in [1.29, 1.82) is 0 Å². The zero-order chi connectivity index (χ0) is 27.2. The highest BCUT2D eigenvalue weighted by molar-refractivity contribution is 7.94. The zero-order valence-electron chi connectivity index (χ0n) is 21.6. The van der Waals surface area contributed by atoms with E-state index >= 15 is 0 Å². The molecular formula is C26H33N7O3S3. The molecule has 0 saturated carbocycles. The summed E-state index contributed by atoms with van der Waals surface area (Å²) in [5, 5.41) is 9.59. The van der Waals surface area contributed by atoms with Crippen molar-refractivity contribution in [2.45, 2.75) is 55.8 Å². The first-order valence-corrected chi connectivity index (χ1v) is 16.4. The van der Waals surface area contributed by atoms with Crippen molar-refractivity contribution in [2.24, 2.45) is 5.73 Å². The summed E-state index contributed by atoms with van der Waals surface area (Å²) in [7, 11) is -3.64. The van der Waals surface area contributed by atoms with Gasteiger partial charge in [0.05, 0.1) is 21.6 Å². The summed E-state index contributed by atoms with van der Waals surface area (Å²) >= 11 is 2.44. The van der Waals surface area contributed by atoms with E-state index in [0.717, 1.165) is 67.3 Å². The number of carbonyl (C=O) groups excluding carboxylic acids is 1. The van der Waals surface area contributed by atoms with Gasteiger partial charge in [-0.3, -0.25) is 24.4 Å². The summed E-state index contributed by atoms with van der Waals surface area (Å²) in [4.78, 5) is 20.0. The molecule has 0 radical (unpaired) electrons. The second-order valence-corrected chi connectivity index (χ2v) is 13.5. The highest BCUT2D eigenvalue weighted by Crippen LogP contribution is 2.30. The number of aromatic nitrogens is 3. The summed E-state index contributed by atoms with van der Waals surface area (Å²) in [6, 6.07) is 10.3. The molecule has 0 spiro atoms. The van der Waals surface area contributed by atoms with E-state index in [0.29, 0.717) is 22.0 Å². The molecule has 39 heavy (non-hydrogen) atoms. The van der Waals surface area contributed by atoms with Gasteiger partial charge in [-0.05, 0) is 68.1 Å². The van der Waals surface area contributed by atoms with Gasteiger partial charge in [0.1, 0.15) is 4.21 Å². The summed E-state index contributed by atoms with van der Waals surface area (Å²) in [6.07, 6.45) is 6.91. The molecule has 1 amide bonds. The number of aryl methyl sites for hydroxylation is 1. The molecule has 1 aliphatic rings. The van der Waals surface area contributed by atoms with Gasteiger partial charge in [0.25, 0.3) is 15.9 Å². The van der Waals surface area contributed by atoms with E-state index < -0.39 is 10.0 Å². The van der Waals surface area contributed by atoms with Crippen LogP contribution in [0.3, 0.4) is 0 Å². The van der Waals surface area contributed by atoms with Crippen molar-refractivity contribution in [1.82, 2.24) is 19.7 Å². The lowest BCUT2D eigenvalue weighted by Gasteiger charge is -2.19. The average molecular weight is 588 g/mol. The van der Waals surface area contributed by atoms with Gasteiger partial charge in [-0.15, -0.1) is 11.3 Å². The second kappa shape index (κ2) is 12.6. The number of amides is 1. The lowest BCUT2D eigenvalue weighted by Crippen LogP contribution is -2.24. The molecule has 4 N–H and O–H groups in total. The van der Waals surface area contributed by atoms with Gasteiger partial charge >= 0.3 is 0 Å². The highest BCUT2D eigenvalue weighted by atomic mass is 32.2. The van der Waals surface area contributed by atoms with E-state index in [-0.39, 0.29) is 10.1 Å². The second-order valence-electron chi connectivity index (χ2n) is 9.62. The maximum atomic E-state index is 13.0. The van der Waals surface area contributed by atoms with Gasteiger partial charge in [-0.1, -0.05) is 36.7 Å². The molecule has 0 bridgehead atoms. The zero-order valence-corrected chi connectivity index (χ0v) is 24.1. The fourth-order valence-corrected chi connectivity index (χ4v) is 7.61. The van der Waals surface area contributed by atoms with Crippen LogP contribution in [0, 0.1) is 0 Å². The number of unbranched alkanes of at least 4 members (excludes halogenated alkanes) is 4. The molecule has 0 aliphatic carbocycles. The van der Waals surface area contributed by atoms with Crippen LogP contribution < -0.4 is 15.8 Å². The number of rotatable bonds is 12. The lowest BCUT2D eigenvalue weighted by molar-refractivity contribution is 0.102. The van der Waals surface area contributed by atoms with E-state index in [4.69, 9.17) is 5.73 Å². The molecule has 0 fully saturated rings. The van der Waals surface area contributed by atoms with Crippen molar-refractivity contribution in [2.75, 3.05) is 29.7 Å². The SMILES string of the molecule is NCCCCCCCN1CCCn2nc(C(=O)Nc3nc4ccc(NS(=O)(=O)c5cccs5)cc4s3)cc2C1. The molecular weight excluding hydrogens is 555 g/mol. The van der Waals surface area contributed by atoms with Gasteiger partial charge in [0, 0.05) is 19.6 Å². The number of thiazole rings is 1. The van der Waals surface area contributed by atoms with Crippen LogP contribution in [-0.2, 0) is 23.1 Å². The third-order valence-corrected chi connectivity index (χ3v) is 10.3. The first-order valence-electron chi connectivity index (χ1n) is 13.2. The van der Waals surface area contributed by atoms with E-state index in [9.17, 15) is 13.2 Å². The number of fused-ring (bicyclic) bond motifs is 2. The van der Waals surface area contributed by atoms with E-state index in [1.165, 1.54) is 37.0 Å². The molecule has 13 heteroatoms. The Balaban J connectivity index is 1.20. The molecule has 0 atom stereocenters. The molecule has 5 rings (SSSR count). The Hall–Kier alpha value is -2.84. The summed E-state index contributed by atoms with van der Waals surface area (Å²) in [5.41, 5.74) is 8.11. The van der Waals surface area contributed by atoms with Crippen LogP contribution in [0.5, 0.6) is 0 Å². The molecule has 0 unspecified atom stereocenters. The van der Waals surface area contributed by atoms with Crippen LogP contribution >= 0.6 is 22.7 Å². The molecule has 3 aromatic heterocycles. The Morgan fingerprint density at radius 2 is 1.92 bits per heavy atom. The molecule has 4 heterocycles. The highest BCUT2D eigenvalue weighted by Gasteiger charge is 2.21. The van der Waals surface area contributed by atoms with Crippen LogP contribution in [0.15, 0.2) is 46.0 Å². The van der Waals surface area contributed by atoms with Crippen LogP contribution in [0.2, 0.25) is 0 Å². The Labute approximate surface area is 236 Å². The third-order valence-electron chi connectivity index (χ3n) is 6.63. The Morgan fingerprint density at radius 1 is 1.08 bits per heavy atom. The first kappa shape index (κ1) is 27.7. The van der Waals surface area contributed by atoms with E-state index in [2.05, 4.69) is 25.0 Å². The standard InChI is InChI=1S/C26H33N7O3S3/c27-11-4-2-1-3-5-12-32-13-7-14-33-20(18-32)17-22(30-33)25(34)29-26-28-21-10-9-19(16-23(21)38-26)31-39(35,36)24-8-6-15-37-24/h6,8-10,15-17,31H,1-5,7,11-14,18,27H2,(H,28,29,34). The predicted molar refractivity (Wildman–Crippen MR) is 157 cm³/mol. The predicted octanol–water partition coefficient (Wildman–Crippen LogP) is 4.72. The number of carbonyl (C=O) groups is 1. The minimum atomic E-state index is -3.64. The van der Waals surface area contributed by atoms with Crippen molar-refractivity contribution in [3.05, 3.63) is 53.2 Å². The number of benzene rings is 1. The minimum absolute atomic E-state index is 0.250. The third kappa shape index (κ3) is 7.03. The topological polar surface area (TPSA) is 135 Å². The fourth-order valence-electron chi connectivity index (χ4n) is 4.67. The normalized spacial score (nSPS) is 14.3. The molecule has 10 nitrogen and oxygen atoms in total. The monoisotopic (exact) mass is 587 g/mol. The van der Waals surface area contributed by atoms with Crippen molar-refractivity contribution < 1.29 is 13.2 Å². The Bertz CT molecular complexity index is 1510. The van der Waals surface area contributed by atoms with Crippen LogP contribution in [0.25, 0.3) is 10.2 Å². The number of hydrogen-bond acceptors (Lipinski definition) is 9. The van der Waals surface area contributed by atoms with Crippen molar-refractivity contribution in [3.8, 4) is 0 Å². The maximum Gasteiger partial charge on any atom is 0.277 e. The van der Waals surface area contributed by atoms with E-state index in [1.807, 2.05) is 10.7 Å². The van der Waals surface area contributed by atoms with Crippen molar-refractivity contribution in [3.63, 3.8) is 0 Å². The fraction of sp³-hybridized carbons (Fsp3) is 0.423. The van der Waals surface area contributed by atoms with Crippen LogP contribution in [-0.4, -0.2) is 53.6 Å². The Kier molecular flexibility index (Phi) is 8.92. The van der Waals surface area contributed by atoms with Gasteiger partial charge < -0.3 is 5.73 Å². The molecule has 208 valence electrons. The average Bonchev–Trinajstić information content (AvgIpc) is 3.64. The molecule has 1 aliphatic heterocycles. The molecule has 1 aromatic carbocycles. The maximum absolute atomic E-state index is 13.0. The number of nitrogens with zero attached hydrogens (tertiary/aromatic N) is 4. The largest absolute Gasteiger partial charge is 0.330 e. The van der Waals surface area contributed by atoms with Crippen LogP contribution in [0.4, 0.5) is 10.8 Å². The smallest absolute Gasteiger partial charge is 0.277 e. The molecule has 0 saturated heterocycles. The van der Waals surface area contributed by atoms with Crippen molar-refractivity contribution >= 4 is 59.6 Å². The minimum Gasteiger partial charge on any atom is -0.330 e. The number of thiophene rings is 1. The number of nitrogens with one attached hydrogen (secondary N) is 2.